The van der Waals surface area contributed by atoms with Crippen molar-refractivity contribution in [2.75, 3.05) is 12.4 Å². The number of anilines is 1. The van der Waals surface area contributed by atoms with Gasteiger partial charge in [0.1, 0.15) is 29.8 Å². The Balaban J connectivity index is 1.81. The van der Waals surface area contributed by atoms with Crippen LogP contribution >= 0.6 is 22.6 Å². The van der Waals surface area contributed by atoms with E-state index in [4.69, 9.17) is 9.47 Å². The average Bonchev–Trinajstić information content (AvgIpc) is 2.83. The maximum atomic E-state index is 13.1. The minimum absolute atomic E-state index is 0.0848. The van der Waals surface area contributed by atoms with Crippen molar-refractivity contribution >= 4 is 45.9 Å². The minimum atomic E-state index is -0.817. The summed E-state index contributed by atoms with van der Waals surface area (Å²) in [6.45, 7) is 0.173. The number of non-ortho nitro benzene ring substituents is 1. The normalized spacial score (nSPS) is 10.9. The highest BCUT2D eigenvalue weighted by Gasteiger charge is 2.17. The number of hydrogen-bond donors (Lipinski definition) is 2. The lowest BCUT2D eigenvalue weighted by Gasteiger charge is -2.14. The number of nitrogens with one attached hydrogen (secondary N) is 1. The van der Waals surface area contributed by atoms with E-state index < -0.39 is 16.6 Å². The van der Waals surface area contributed by atoms with Gasteiger partial charge in [0.15, 0.2) is 11.5 Å². The van der Waals surface area contributed by atoms with Crippen LogP contribution in [0.2, 0.25) is 0 Å². The minimum Gasteiger partial charge on any atom is -0.506 e. The van der Waals surface area contributed by atoms with E-state index in [0.717, 1.165) is 17.7 Å². The van der Waals surface area contributed by atoms with Gasteiger partial charge in [0.25, 0.3) is 11.6 Å². The molecular formula is C24H17FIN3O6. The highest BCUT2D eigenvalue weighted by Crippen LogP contribution is 2.35. The Kier molecular flexibility index (Phi) is 8.21. The summed E-state index contributed by atoms with van der Waals surface area (Å²) in [5.74, 6) is -0.881. The summed E-state index contributed by atoms with van der Waals surface area (Å²) in [7, 11) is 1.44. The van der Waals surface area contributed by atoms with Gasteiger partial charge >= 0.3 is 0 Å². The fraction of sp³-hybridized carbons (Fsp3) is 0.0833. The summed E-state index contributed by atoms with van der Waals surface area (Å²) in [5, 5.41) is 32.6. The molecule has 0 atom stereocenters. The van der Waals surface area contributed by atoms with E-state index in [2.05, 4.69) is 5.32 Å². The zero-order chi connectivity index (χ0) is 25.5. The fourth-order valence-electron chi connectivity index (χ4n) is 2.94. The molecule has 0 saturated carbocycles. The molecule has 0 aromatic heterocycles. The average molecular weight is 589 g/mol. The van der Waals surface area contributed by atoms with Crippen molar-refractivity contribution in [1.82, 2.24) is 0 Å². The molecule has 0 aliphatic heterocycles. The van der Waals surface area contributed by atoms with Gasteiger partial charge in [-0.3, -0.25) is 14.9 Å². The number of phenolic OH excluding ortho intramolecular Hbond substituents is 1. The van der Waals surface area contributed by atoms with E-state index in [0.29, 0.717) is 20.6 Å². The smallest absolute Gasteiger partial charge is 0.273 e. The summed E-state index contributed by atoms with van der Waals surface area (Å²) >= 11 is 2.02. The molecule has 11 heteroatoms. The molecule has 3 aromatic rings. The molecule has 3 aromatic carbocycles. The molecule has 0 unspecified atom stereocenters. The SMILES string of the molecule is COc1cc(/C=C(/C#N)C(=O)Nc2ccc([N+](=O)[O-])cc2O)cc(I)c1OCc1ccc(F)cc1. The standard InChI is InChI=1S/C24H17FIN3O6/c1-34-22-10-15(9-19(26)23(22)35-13-14-2-4-17(25)5-3-14)8-16(12-27)24(31)28-20-7-6-18(29(32)33)11-21(20)30/h2-11,30H,13H2,1H3,(H,28,31)/b16-8-. The van der Waals surface area contributed by atoms with Gasteiger partial charge in [0.05, 0.1) is 27.4 Å². The molecule has 0 fully saturated rings. The molecule has 0 radical (unpaired) electrons. The second kappa shape index (κ2) is 11.3. The van der Waals surface area contributed by atoms with Gasteiger partial charge in [0, 0.05) is 6.07 Å². The Labute approximate surface area is 212 Å². The lowest BCUT2D eigenvalue weighted by atomic mass is 10.1. The number of carbonyl (C=O) groups excluding carboxylic acids is 1. The van der Waals surface area contributed by atoms with Crippen LogP contribution in [0.15, 0.2) is 60.2 Å². The fourth-order valence-corrected chi connectivity index (χ4v) is 3.72. The molecule has 2 N–H and O–H groups in total. The summed E-state index contributed by atoms with van der Waals surface area (Å²) < 4.78 is 25.0. The summed E-state index contributed by atoms with van der Waals surface area (Å²) in [4.78, 5) is 22.7. The number of ether oxygens (including phenoxy) is 2. The second-order valence-corrected chi connectivity index (χ2v) is 8.19. The number of nitriles is 1. The number of carbonyl (C=O) groups is 1. The molecule has 0 spiro atoms. The topological polar surface area (TPSA) is 135 Å². The number of aromatic hydroxyl groups is 1. The molecule has 0 aliphatic carbocycles. The van der Waals surface area contributed by atoms with Gasteiger partial charge in [-0.15, -0.1) is 0 Å². The van der Waals surface area contributed by atoms with Gasteiger partial charge < -0.3 is 19.9 Å². The quantitative estimate of drug-likeness (QED) is 0.0924. The molecule has 0 aliphatic rings. The van der Waals surface area contributed by atoms with Crippen LogP contribution in [-0.2, 0) is 11.4 Å². The highest BCUT2D eigenvalue weighted by atomic mass is 127. The van der Waals surface area contributed by atoms with E-state index in [9.17, 15) is 29.7 Å². The molecule has 0 heterocycles. The number of hydrogen-bond acceptors (Lipinski definition) is 7. The molecule has 0 saturated heterocycles. The number of amides is 1. The van der Waals surface area contributed by atoms with Crippen LogP contribution in [0.3, 0.4) is 0 Å². The zero-order valence-corrected chi connectivity index (χ0v) is 20.3. The van der Waals surface area contributed by atoms with E-state index >= 15 is 0 Å². The van der Waals surface area contributed by atoms with Crippen molar-refractivity contribution in [2.45, 2.75) is 6.61 Å². The first-order valence-electron chi connectivity index (χ1n) is 9.87. The number of halogens is 2. The molecule has 3 rings (SSSR count). The van der Waals surface area contributed by atoms with Gasteiger partial charge in [-0.05, 0) is 70.1 Å². The number of rotatable bonds is 8. The van der Waals surface area contributed by atoms with Crippen molar-refractivity contribution in [1.29, 1.82) is 5.26 Å². The van der Waals surface area contributed by atoms with Crippen molar-refractivity contribution in [3.05, 3.63) is 90.8 Å². The number of benzene rings is 3. The molecule has 1 amide bonds. The molecular weight excluding hydrogens is 572 g/mol. The van der Waals surface area contributed by atoms with Crippen molar-refractivity contribution < 1.29 is 28.7 Å². The lowest BCUT2D eigenvalue weighted by molar-refractivity contribution is -0.384. The van der Waals surface area contributed by atoms with Gasteiger partial charge in [-0.1, -0.05) is 12.1 Å². The molecule has 0 bridgehead atoms. The number of nitro groups is 1. The lowest BCUT2D eigenvalue weighted by Crippen LogP contribution is -2.13. The predicted octanol–water partition coefficient (Wildman–Crippen LogP) is 5.18. The maximum Gasteiger partial charge on any atom is 0.273 e. The van der Waals surface area contributed by atoms with E-state index in [1.54, 1.807) is 30.3 Å². The van der Waals surface area contributed by atoms with Crippen LogP contribution in [0.1, 0.15) is 11.1 Å². The first kappa shape index (κ1) is 25.4. The largest absolute Gasteiger partial charge is 0.506 e. The van der Waals surface area contributed by atoms with Crippen LogP contribution in [0.5, 0.6) is 17.2 Å². The second-order valence-electron chi connectivity index (χ2n) is 7.03. The Morgan fingerprint density at radius 3 is 2.57 bits per heavy atom. The number of phenols is 1. The third-order valence-electron chi connectivity index (χ3n) is 4.66. The summed E-state index contributed by atoms with van der Waals surface area (Å²) in [5.41, 5.74) is 0.519. The Morgan fingerprint density at radius 2 is 1.97 bits per heavy atom. The van der Waals surface area contributed by atoms with Crippen LogP contribution in [0.25, 0.3) is 6.08 Å². The molecule has 178 valence electrons. The number of nitro benzene ring substituents is 1. The first-order valence-corrected chi connectivity index (χ1v) is 10.9. The number of nitrogens with zero attached hydrogens (tertiary/aromatic N) is 2. The van der Waals surface area contributed by atoms with Crippen LogP contribution in [0, 0.1) is 30.8 Å². The van der Waals surface area contributed by atoms with Crippen LogP contribution in [0.4, 0.5) is 15.8 Å². The third kappa shape index (κ3) is 6.45. The first-order chi connectivity index (χ1) is 16.7. The zero-order valence-electron chi connectivity index (χ0n) is 18.1. The van der Waals surface area contributed by atoms with E-state index in [1.807, 2.05) is 22.6 Å². The summed E-state index contributed by atoms with van der Waals surface area (Å²) in [6.07, 6.45) is 1.33. The van der Waals surface area contributed by atoms with Gasteiger partial charge in [-0.2, -0.15) is 5.26 Å². The monoisotopic (exact) mass is 589 g/mol. The number of methoxy groups -OCH3 is 1. The van der Waals surface area contributed by atoms with Crippen molar-refractivity contribution in [3.63, 3.8) is 0 Å². The summed E-state index contributed by atoms with van der Waals surface area (Å²) in [6, 6.07) is 14.1. The van der Waals surface area contributed by atoms with Gasteiger partial charge in [-0.25, -0.2) is 4.39 Å². The van der Waals surface area contributed by atoms with Crippen LogP contribution < -0.4 is 14.8 Å². The Morgan fingerprint density at radius 1 is 1.26 bits per heavy atom. The van der Waals surface area contributed by atoms with E-state index in [-0.39, 0.29) is 29.4 Å². The molecule has 35 heavy (non-hydrogen) atoms. The van der Waals surface area contributed by atoms with Gasteiger partial charge in [0.2, 0.25) is 0 Å². The van der Waals surface area contributed by atoms with Crippen molar-refractivity contribution in [2.24, 2.45) is 0 Å². The highest BCUT2D eigenvalue weighted by molar-refractivity contribution is 14.1. The third-order valence-corrected chi connectivity index (χ3v) is 5.47. The van der Waals surface area contributed by atoms with Crippen LogP contribution in [-0.4, -0.2) is 23.0 Å². The Hall–Kier alpha value is -4.18. The Bertz CT molecular complexity index is 1350. The maximum absolute atomic E-state index is 13.1. The molecule has 9 nitrogen and oxygen atoms in total. The predicted molar refractivity (Wildman–Crippen MR) is 133 cm³/mol. The van der Waals surface area contributed by atoms with E-state index in [1.165, 1.54) is 31.4 Å². The van der Waals surface area contributed by atoms with Crippen molar-refractivity contribution in [3.8, 4) is 23.3 Å².